The minimum atomic E-state index is -2.59. The Balaban J connectivity index is 1.12. The highest BCUT2D eigenvalue weighted by molar-refractivity contribution is 6.39. The van der Waals surface area contributed by atoms with Gasteiger partial charge in [-0.3, -0.25) is 19.2 Å². The molecule has 1 amide bonds. The molecule has 4 fully saturated rings. The van der Waals surface area contributed by atoms with Crippen molar-refractivity contribution in [2.24, 2.45) is 41.4 Å². The van der Waals surface area contributed by atoms with Gasteiger partial charge >= 0.3 is 5.97 Å². The number of pyridine rings is 1. The van der Waals surface area contributed by atoms with Gasteiger partial charge in [0, 0.05) is 70.4 Å². The summed E-state index contributed by atoms with van der Waals surface area (Å²) in [4.78, 5) is 83.8. The van der Waals surface area contributed by atoms with Crippen molar-refractivity contribution in [3.8, 4) is 29.1 Å². The molecule has 16 atom stereocenters. The molecule has 23 heteroatoms. The van der Waals surface area contributed by atoms with E-state index in [0.29, 0.717) is 111 Å². The summed E-state index contributed by atoms with van der Waals surface area (Å²) in [6.45, 7) is 20.9. The molecular weight excluding hydrogens is 1200 g/mol. The molecule has 6 N–H and O–H groups in total. The standard InChI is InChI=1S/C71H102N8O15/c1-13-78-61-58(90-40-49-22-19-30-73-38-49)39-74-51(59(61)75-67(78)60-66(72)77-94-76-60)28-29-70(9,10)93-56-36-50-26-24-47(8)71(87,92-50)65(84)68(85)79-31-18-17-23-52(79)69(86)91-55(44(5)34-48-25-27-53(80)57(35-48)88-11)37-54(81)43(4)33-46(7)63(83)64(89-12)62(82)45(6)32-41(2)20-15-14-16-21-42(56)3/h14-16,20-21,33,39,41,43-45,47-50,52-53,55-57,63-64,73,80,83,87H,13,17-19,22-27,30-32,34-38,40H2,1-12H3,(H2,72,77)/b16-14+,20-15+,42-21-,46-33+/t41-,43-,44?,45-,47-,48-,49+,50+,52?,53-,55+,56-,57-,63-,64+,71-/m1/s1. The number of aliphatic hydroxyl groups is 3. The van der Waals surface area contributed by atoms with E-state index in [1.807, 2.05) is 76.5 Å². The third-order valence-electron chi connectivity index (χ3n) is 19.8. The Kier molecular flexibility index (Phi) is 25.7. The zero-order chi connectivity index (χ0) is 68.2. The van der Waals surface area contributed by atoms with Crippen molar-refractivity contribution in [3.63, 3.8) is 0 Å². The van der Waals surface area contributed by atoms with Crippen molar-refractivity contribution in [3.05, 3.63) is 59.5 Å². The van der Waals surface area contributed by atoms with Crippen LogP contribution in [0.5, 0.6) is 5.75 Å². The zero-order valence-corrected chi connectivity index (χ0v) is 57.1. The van der Waals surface area contributed by atoms with Gasteiger partial charge in [-0.05, 0) is 163 Å². The number of nitrogens with zero attached hydrogens (tertiary/aromatic N) is 6. The van der Waals surface area contributed by atoms with Crippen LogP contribution in [0.25, 0.3) is 22.6 Å². The number of hydrogen-bond donors (Lipinski definition) is 5. The number of aromatic nitrogens is 5. The van der Waals surface area contributed by atoms with Crippen molar-refractivity contribution in [1.29, 1.82) is 0 Å². The number of ketones is 3. The Morgan fingerprint density at radius 2 is 1.69 bits per heavy atom. The third kappa shape index (κ3) is 17.9. The number of Topliss-reactive ketones (excluding diaryl/α,β-unsaturated/α-hetero) is 3. The second-order valence-electron chi connectivity index (χ2n) is 27.6. The number of carbonyl (C=O) groups is 5. The number of ether oxygens (including phenoxy) is 6. The maximum absolute atomic E-state index is 14.9. The number of rotatable bonds is 12. The summed E-state index contributed by atoms with van der Waals surface area (Å²) < 4.78 is 44.5. The minimum Gasteiger partial charge on any atom is -0.489 e. The maximum atomic E-state index is 14.9. The van der Waals surface area contributed by atoms with Crippen molar-refractivity contribution in [2.75, 3.05) is 46.2 Å². The first-order valence-electron chi connectivity index (χ1n) is 33.9. The molecule has 2 bridgehead atoms. The molecule has 8 rings (SSSR count). The lowest BCUT2D eigenvalue weighted by atomic mass is 9.78. The third-order valence-corrected chi connectivity index (χ3v) is 19.8. The SMILES string of the molecule is CCn1c(-c2nonc2N)nc2c(C#CC(C)(C)O[C@@H]3C[C@@H]4CC[C@@H](C)[C@@](O)(O4)C(=O)C(=O)N4CCCCC4C(=O)O[C@H](C(C)C[C@H]4CC[C@@H](O)[C@H](OC)C4)CC(=O)[C@H](C)/C=C(\C)[C@@H](O)[C@@H](OC)C(=O)[C@H](C)C[C@H](C)/C=C/C=C/C=C\3C)ncc(OC[C@H]3CCCNC3)c21. The molecule has 0 spiro atoms. The van der Waals surface area contributed by atoms with Crippen LogP contribution in [0.1, 0.15) is 165 Å². The fourth-order valence-electron chi connectivity index (χ4n) is 14.0. The van der Waals surface area contributed by atoms with Crippen LogP contribution in [0.15, 0.2) is 58.4 Å². The van der Waals surface area contributed by atoms with Gasteiger partial charge in [-0.25, -0.2) is 19.4 Å². The molecule has 2 unspecified atom stereocenters. The Labute approximate surface area is 553 Å². The van der Waals surface area contributed by atoms with E-state index < -0.39 is 89.5 Å². The van der Waals surface area contributed by atoms with Crippen LogP contribution in [0.3, 0.4) is 0 Å². The normalized spacial score (nSPS) is 33.4. The van der Waals surface area contributed by atoms with Gasteiger partial charge in [0.1, 0.15) is 52.5 Å². The number of cyclic esters (lactones) is 1. The number of anilines is 1. The number of fused-ring (bicyclic) bond motifs is 4. The minimum absolute atomic E-state index is 0.0255. The van der Waals surface area contributed by atoms with E-state index in [1.165, 1.54) is 12.0 Å². The van der Waals surface area contributed by atoms with Crippen molar-refractivity contribution < 1.29 is 72.3 Å². The van der Waals surface area contributed by atoms with Crippen LogP contribution in [0.2, 0.25) is 0 Å². The quantitative estimate of drug-likeness (QED) is 0.0494. The van der Waals surface area contributed by atoms with Gasteiger partial charge in [0.15, 0.2) is 28.9 Å². The summed E-state index contributed by atoms with van der Waals surface area (Å²) in [5, 5.41) is 46.2. The number of amides is 1. The molecule has 4 aliphatic heterocycles. The van der Waals surface area contributed by atoms with Crippen LogP contribution < -0.4 is 15.8 Å². The number of nitrogen functional groups attached to an aromatic ring is 1. The topological polar surface area (TPSA) is 312 Å². The number of aryl methyl sites for hydroxylation is 1. The summed E-state index contributed by atoms with van der Waals surface area (Å²) in [6.07, 6.45) is 13.2. The first kappa shape index (κ1) is 73.3. The molecule has 3 saturated heterocycles. The van der Waals surface area contributed by atoms with E-state index in [4.69, 9.17) is 48.8 Å². The van der Waals surface area contributed by atoms with E-state index in [9.17, 15) is 39.3 Å². The zero-order valence-electron chi connectivity index (χ0n) is 57.1. The number of carbonyl (C=O) groups excluding carboxylic acids is 5. The van der Waals surface area contributed by atoms with E-state index in [-0.39, 0.29) is 72.7 Å². The molecule has 1 aliphatic carbocycles. The van der Waals surface area contributed by atoms with Crippen molar-refractivity contribution in [2.45, 2.75) is 226 Å². The smallest absolute Gasteiger partial charge is 0.329 e. The molecule has 23 nitrogen and oxygen atoms in total. The van der Waals surface area contributed by atoms with Gasteiger partial charge in [-0.1, -0.05) is 77.0 Å². The van der Waals surface area contributed by atoms with Crippen molar-refractivity contribution in [1.82, 2.24) is 35.1 Å². The molecule has 3 aromatic rings. The van der Waals surface area contributed by atoms with Crippen LogP contribution in [-0.2, 0) is 54.2 Å². The summed E-state index contributed by atoms with van der Waals surface area (Å²) in [6, 6.07) is -1.22. The van der Waals surface area contributed by atoms with E-state index >= 15 is 0 Å². The predicted octanol–water partition coefficient (Wildman–Crippen LogP) is 8.16. The van der Waals surface area contributed by atoms with Gasteiger partial charge in [-0.2, -0.15) is 0 Å². The van der Waals surface area contributed by atoms with Crippen molar-refractivity contribution >= 4 is 46.1 Å². The van der Waals surface area contributed by atoms with Crippen LogP contribution in [0, 0.1) is 53.3 Å². The summed E-state index contributed by atoms with van der Waals surface area (Å²) in [7, 11) is 2.93. The highest BCUT2D eigenvalue weighted by atomic mass is 16.6. The second-order valence-corrected chi connectivity index (χ2v) is 27.6. The number of methoxy groups -OCH3 is 2. The highest BCUT2D eigenvalue weighted by Crippen LogP contribution is 2.40. The molecule has 0 aromatic carbocycles. The highest BCUT2D eigenvalue weighted by Gasteiger charge is 2.53. The van der Waals surface area contributed by atoms with Gasteiger partial charge in [-0.15, -0.1) is 0 Å². The van der Waals surface area contributed by atoms with E-state index in [2.05, 4.69) is 27.5 Å². The molecule has 3 aromatic heterocycles. The number of esters is 1. The Morgan fingerprint density at radius 1 is 0.915 bits per heavy atom. The summed E-state index contributed by atoms with van der Waals surface area (Å²) in [5.74, 6) is -0.909. The largest absolute Gasteiger partial charge is 0.489 e. The lowest BCUT2D eigenvalue weighted by Gasteiger charge is -2.43. The molecule has 0 radical (unpaired) electrons. The van der Waals surface area contributed by atoms with Gasteiger partial charge < -0.3 is 64.3 Å². The molecule has 1 saturated carbocycles. The van der Waals surface area contributed by atoms with Crippen LogP contribution in [0.4, 0.5) is 5.82 Å². The molecule has 7 heterocycles. The van der Waals surface area contributed by atoms with E-state index in [0.717, 1.165) is 31.5 Å². The average Bonchev–Trinajstić information content (AvgIpc) is 1.47. The van der Waals surface area contributed by atoms with Gasteiger partial charge in [0.2, 0.25) is 5.79 Å². The monoisotopic (exact) mass is 1310 g/mol. The average molecular weight is 1310 g/mol. The number of hydrogen-bond acceptors (Lipinski definition) is 21. The number of nitrogens with two attached hydrogens (primary N) is 1. The van der Waals surface area contributed by atoms with Crippen LogP contribution in [-0.4, -0.2) is 175 Å². The Bertz CT molecular complexity index is 3320. The second kappa shape index (κ2) is 33.0. The van der Waals surface area contributed by atoms with Crippen LogP contribution >= 0.6 is 0 Å². The molecule has 516 valence electrons. The molecule has 5 aliphatic rings. The Hall–Kier alpha value is -6.49. The first-order valence-corrected chi connectivity index (χ1v) is 33.9. The number of imidazole rings is 1. The fraction of sp³-hybridized carbons (Fsp3) is 0.676. The first-order chi connectivity index (χ1) is 44.8. The summed E-state index contributed by atoms with van der Waals surface area (Å²) in [5.41, 5.74) is 7.81. The molecular formula is C71H102N8O15. The predicted molar refractivity (Wildman–Crippen MR) is 352 cm³/mol. The van der Waals surface area contributed by atoms with E-state index in [1.54, 1.807) is 47.1 Å². The number of piperidine rings is 2. The Morgan fingerprint density at radius 3 is 2.39 bits per heavy atom. The lowest BCUT2D eigenvalue weighted by molar-refractivity contribution is -0.266. The number of nitrogens with one attached hydrogen (secondary N) is 1. The summed E-state index contributed by atoms with van der Waals surface area (Å²) >= 11 is 0. The maximum Gasteiger partial charge on any atom is 0.329 e. The number of allylic oxidation sites excluding steroid dienone is 6. The van der Waals surface area contributed by atoms with Gasteiger partial charge in [0.25, 0.3) is 11.7 Å². The van der Waals surface area contributed by atoms with Gasteiger partial charge in [0.05, 0.1) is 37.2 Å². The fourth-order valence-corrected chi connectivity index (χ4v) is 14.0. The number of aliphatic hydroxyl groups excluding tert-OH is 2. The lowest BCUT2D eigenvalue weighted by Crippen LogP contribution is -2.61. The molecule has 94 heavy (non-hydrogen) atoms.